The summed E-state index contributed by atoms with van der Waals surface area (Å²) in [6, 6.07) is -0.817. The third kappa shape index (κ3) is 43.6. The molecule has 7 unspecified atom stereocenters. The highest BCUT2D eigenvalue weighted by Gasteiger charge is 2.44. The Labute approximate surface area is 458 Å². The van der Waals surface area contributed by atoms with E-state index in [0.717, 1.165) is 38.5 Å². The predicted molar refractivity (Wildman–Crippen MR) is 314 cm³/mol. The van der Waals surface area contributed by atoms with Crippen LogP contribution in [0.25, 0.3) is 0 Å². The quantitative estimate of drug-likeness (QED) is 0.0261. The number of hydrogen-bond donors (Lipinski definition) is 6. The largest absolute Gasteiger partial charge is 0.394 e. The van der Waals surface area contributed by atoms with Gasteiger partial charge >= 0.3 is 0 Å². The van der Waals surface area contributed by atoms with E-state index in [1.54, 1.807) is 6.08 Å². The van der Waals surface area contributed by atoms with E-state index in [-0.39, 0.29) is 12.5 Å². The highest BCUT2D eigenvalue weighted by molar-refractivity contribution is 5.76. The lowest BCUT2D eigenvalue weighted by atomic mass is 9.99. The smallest absolute Gasteiger partial charge is 0.220 e. The number of carbonyl (C=O) groups excluding carboxylic acids is 1. The van der Waals surface area contributed by atoms with Crippen molar-refractivity contribution in [3.63, 3.8) is 0 Å². The lowest BCUT2D eigenvalue weighted by molar-refractivity contribution is -0.302. The molecule has 0 aromatic heterocycles. The van der Waals surface area contributed by atoms with Crippen molar-refractivity contribution in [1.82, 2.24) is 5.32 Å². The maximum absolute atomic E-state index is 13.0. The molecule has 74 heavy (non-hydrogen) atoms. The minimum absolute atomic E-state index is 0.183. The summed E-state index contributed by atoms with van der Waals surface area (Å²) in [4.78, 5) is 13.0. The maximum Gasteiger partial charge on any atom is 0.220 e. The van der Waals surface area contributed by atoms with Crippen molar-refractivity contribution in [3.05, 3.63) is 24.3 Å². The maximum atomic E-state index is 13.0. The summed E-state index contributed by atoms with van der Waals surface area (Å²) in [5.74, 6) is -0.183. The molecule has 1 amide bonds. The Morgan fingerprint density at radius 3 is 1.14 bits per heavy atom. The molecule has 1 aliphatic rings. The molecule has 9 nitrogen and oxygen atoms in total. The monoisotopic (exact) mass is 1050 g/mol. The van der Waals surface area contributed by atoms with Gasteiger partial charge in [-0.1, -0.05) is 314 Å². The van der Waals surface area contributed by atoms with Gasteiger partial charge in [0.05, 0.1) is 25.4 Å². The lowest BCUT2D eigenvalue weighted by Crippen LogP contribution is -2.60. The van der Waals surface area contributed by atoms with Crippen LogP contribution >= 0.6 is 0 Å². The molecular formula is C65H125NO8. The zero-order chi connectivity index (χ0) is 53.6. The zero-order valence-electron chi connectivity index (χ0n) is 48.9. The molecule has 0 aromatic carbocycles. The van der Waals surface area contributed by atoms with Crippen LogP contribution in [0.3, 0.4) is 0 Å². The number of amides is 1. The van der Waals surface area contributed by atoms with Gasteiger partial charge in [-0.05, 0) is 32.1 Å². The first kappa shape index (κ1) is 70.7. The summed E-state index contributed by atoms with van der Waals surface area (Å²) in [7, 11) is 0. The van der Waals surface area contributed by atoms with Crippen LogP contribution in [0.2, 0.25) is 0 Å². The van der Waals surface area contributed by atoms with Gasteiger partial charge in [0, 0.05) is 6.42 Å². The standard InChI is InChI=1S/C65H125NO8/c1-3-5-7-9-11-13-15-16-17-18-19-20-21-22-23-24-25-26-27-28-29-30-31-32-33-34-35-36-37-38-39-40-41-42-43-44-45-47-49-51-53-55-61(69)66-58(57-73-65-64(72)63(71)62(70)60(56-67)74-65)59(68)54-52-50-48-46-14-12-10-8-6-4-2/h14,46,52,54,58-60,62-65,67-68,70-72H,3-13,15-45,47-51,53,55-57H2,1-2H3,(H,66,69)/b46-14+,54-52+. The number of carbonyl (C=O) groups is 1. The van der Waals surface area contributed by atoms with E-state index in [2.05, 4.69) is 31.3 Å². The Morgan fingerprint density at radius 2 is 0.770 bits per heavy atom. The van der Waals surface area contributed by atoms with Crippen molar-refractivity contribution in [2.75, 3.05) is 13.2 Å². The Hall–Kier alpha value is -1.33. The summed E-state index contributed by atoms with van der Waals surface area (Å²) < 4.78 is 11.2. The Morgan fingerprint density at radius 1 is 0.446 bits per heavy atom. The van der Waals surface area contributed by atoms with Crippen LogP contribution in [0.4, 0.5) is 0 Å². The summed E-state index contributed by atoms with van der Waals surface area (Å²) in [6.45, 7) is 3.75. The molecule has 1 rings (SSSR count). The highest BCUT2D eigenvalue weighted by Crippen LogP contribution is 2.23. The van der Waals surface area contributed by atoms with E-state index in [0.29, 0.717) is 6.42 Å². The summed E-state index contributed by atoms with van der Waals surface area (Å²) in [6.07, 6.45) is 64.8. The molecule has 0 aliphatic carbocycles. The van der Waals surface area contributed by atoms with Crippen molar-refractivity contribution in [1.29, 1.82) is 0 Å². The molecule has 0 aromatic rings. The average molecular weight is 1050 g/mol. The van der Waals surface area contributed by atoms with Crippen LogP contribution in [0.1, 0.15) is 328 Å². The fourth-order valence-electron chi connectivity index (χ4n) is 10.6. The Kier molecular flexibility index (Phi) is 52.5. The number of rotatable bonds is 57. The number of allylic oxidation sites excluding steroid dienone is 3. The van der Waals surface area contributed by atoms with Crippen LogP contribution < -0.4 is 5.32 Å². The second kappa shape index (κ2) is 55.0. The molecule has 0 spiro atoms. The highest BCUT2D eigenvalue weighted by atomic mass is 16.7. The number of ether oxygens (including phenoxy) is 2. The number of hydrogen-bond acceptors (Lipinski definition) is 8. The van der Waals surface area contributed by atoms with Gasteiger partial charge in [0.15, 0.2) is 6.29 Å². The first-order valence-corrected chi connectivity index (χ1v) is 32.6. The molecule has 438 valence electrons. The van der Waals surface area contributed by atoms with Gasteiger partial charge in [0.2, 0.25) is 5.91 Å². The molecule has 9 heteroatoms. The summed E-state index contributed by atoms with van der Waals surface area (Å²) >= 11 is 0. The van der Waals surface area contributed by atoms with Gasteiger partial charge < -0.3 is 40.3 Å². The van der Waals surface area contributed by atoms with Gasteiger partial charge in [-0.2, -0.15) is 0 Å². The number of aliphatic hydroxyl groups is 5. The van der Waals surface area contributed by atoms with E-state index >= 15 is 0 Å². The normalized spacial score (nSPS) is 19.0. The van der Waals surface area contributed by atoms with Crippen molar-refractivity contribution in [2.24, 2.45) is 0 Å². The van der Waals surface area contributed by atoms with Gasteiger partial charge in [0.25, 0.3) is 0 Å². The van der Waals surface area contributed by atoms with Crippen molar-refractivity contribution in [2.45, 2.75) is 371 Å². The number of unbranched alkanes of at least 4 members (excludes halogenated alkanes) is 45. The summed E-state index contributed by atoms with van der Waals surface area (Å²) in [5.41, 5.74) is 0. The van der Waals surface area contributed by atoms with Crippen molar-refractivity contribution in [3.8, 4) is 0 Å². The molecular weight excluding hydrogens is 923 g/mol. The first-order valence-electron chi connectivity index (χ1n) is 32.6. The second-order valence-electron chi connectivity index (χ2n) is 22.9. The molecule has 7 atom stereocenters. The Balaban J connectivity index is 1.96. The molecule has 6 N–H and O–H groups in total. The van der Waals surface area contributed by atoms with E-state index in [4.69, 9.17) is 9.47 Å². The molecule has 0 radical (unpaired) electrons. The SMILES string of the molecule is CCCCCC/C=C/CC/C=C/C(O)C(COC1OC(CO)C(O)C(O)C1O)NC(=O)CCCCCCCCCCCCCCCCCCCCCCCCCCCCCCCCCCCCCCCCCCC. The van der Waals surface area contributed by atoms with E-state index in [9.17, 15) is 30.3 Å². The molecule has 0 bridgehead atoms. The zero-order valence-corrected chi connectivity index (χ0v) is 48.9. The van der Waals surface area contributed by atoms with Gasteiger partial charge in [-0.25, -0.2) is 0 Å². The average Bonchev–Trinajstić information content (AvgIpc) is 3.40. The van der Waals surface area contributed by atoms with Crippen LogP contribution in [-0.2, 0) is 14.3 Å². The molecule has 0 saturated carbocycles. The van der Waals surface area contributed by atoms with Gasteiger partial charge in [-0.15, -0.1) is 0 Å². The van der Waals surface area contributed by atoms with Crippen LogP contribution in [0.5, 0.6) is 0 Å². The van der Waals surface area contributed by atoms with Gasteiger partial charge in [0.1, 0.15) is 24.4 Å². The number of aliphatic hydroxyl groups excluding tert-OH is 5. The third-order valence-electron chi connectivity index (χ3n) is 15.8. The van der Waals surface area contributed by atoms with E-state index in [1.807, 2.05) is 6.08 Å². The molecule has 1 fully saturated rings. The fraction of sp³-hybridized carbons (Fsp3) is 0.923. The fourth-order valence-corrected chi connectivity index (χ4v) is 10.6. The van der Waals surface area contributed by atoms with Crippen molar-refractivity contribution < 1.29 is 39.8 Å². The van der Waals surface area contributed by atoms with Crippen LogP contribution in [0, 0.1) is 0 Å². The minimum Gasteiger partial charge on any atom is -0.394 e. The molecule has 1 heterocycles. The topological polar surface area (TPSA) is 149 Å². The molecule has 1 aliphatic heterocycles. The predicted octanol–water partition coefficient (Wildman–Crippen LogP) is 16.9. The number of nitrogens with one attached hydrogen (secondary N) is 1. The van der Waals surface area contributed by atoms with Gasteiger partial charge in [-0.3, -0.25) is 4.79 Å². The van der Waals surface area contributed by atoms with E-state index in [1.165, 1.54) is 270 Å². The second-order valence-corrected chi connectivity index (χ2v) is 22.9. The van der Waals surface area contributed by atoms with Crippen molar-refractivity contribution >= 4 is 5.91 Å². The Bertz CT molecular complexity index is 1210. The minimum atomic E-state index is -1.57. The van der Waals surface area contributed by atoms with Crippen LogP contribution in [0.15, 0.2) is 24.3 Å². The molecule has 1 saturated heterocycles. The van der Waals surface area contributed by atoms with E-state index < -0.39 is 49.5 Å². The summed E-state index contributed by atoms with van der Waals surface area (Å²) in [5, 5.41) is 54.3. The first-order chi connectivity index (χ1) is 36.3. The lowest BCUT2D eigenvalue weighted by Gasteiger charge is -2.40. The third-order valence-corrected chi connectivity index (χ3v) is 15.8. The van der Waals surface area contributed by atoms with Crippen LogP contribution in [-0.4, -0.2) is 87.5 Å².